The summed E-state index contributed by atoms with van der Waals surface area (Å²) in [5.41, 5.74) is 0.976. The van der Waals surface area contributed by atoms with Gasteiger partial charge in [-0.3, -0.25) is 10.1 Å². The minimum Gasteiger partial charge on any atom is -0.319 e. The Kier molecular flexibility index (Phi) is 3.89. The van der Waals surface area contributed by atoms with Gasteiger partial charge in [0.2, 0.25) is 5.91 Å². The number of rotatable bonds is 2. The van der Waals surface area contributed by atoms with Crippen molar-refractivity contribution in [3.8, 4) is 0 Å². The highest BCUT2D eigenvalue weighted by Crippen LogP contribution is 2.28. The van der Waals surface area contributed by atoms with Crippen LogP contribution in [-0.2, 0) is 17.8 Å². The van der Waals surface area contributed by atoms with E-state index in [-0.39, 0.29) is 11.9 Å². The molecule has 0 saturated heterocycles. The van der Waals surface area contributed by atoms with Crippen LogP contribution < -0.4 is 10.6 Å². The smallest absolute Gasteiger partial charge is 0.319 e. The molecular weight excluding hydrogens is 308 g/mol. The SMILES string of the molecule is CC(=O)Nc1nc2c(s1)CN(C(=O)Nc1cccs1)CC2. The van der Waals surface area contributed by atoms with Gasteiger partial charge >= 0.3 is 6.03 Å². The Balaban J connectivity index is 1.67. The maximum absolute atomic E-state index is 12.2. The average Bonchev–Trinajstić information content (AvgIpc) is 3.05. The third-order valence-corrected chi connectivity index (χ3v) is 4.84. The number of amides is 3. The number of thiophene rings is 1. The molecule has 21 heavy (non-hydrogen) atoms. The first-order chi connectivity index (χ1) is 10.1. The van der Waals surface area contributed by atoms with E-state index < -0.39 is 0 Å². The summed E-state index contributed by atoms with van der Waals surface area (Å²) in [6.07, 6.45) is 0.712. The molecule has 0 fully saturated rings. The molecule has 2 aromatic heterocycles. The van der Waals surface area contributed by atoms with Crippen molar-refractivity contribution >= 4 is 44.7 Å². The van der Waals surface area contributed by atoms with Crippen molar-refractivity contribution in [1.82, 2.24) is 9.88 Å². The molecule has 110 valence electrons. The van der Waals surface area contributed by atoms with Crippen molar-refractivity contribution in [2.24, 2.45) is 0 Å². The van der Waals surface area contributed by atoms with E-state index in [4.69, 9.17) is 0 Å². The Hall–Kier alpha value is -1.93. The fraction of sp³-hybridized carbons (Fsp3) is 0.308. The first-order valence-electron chi connectivity index (χ1n) is 6.47. The summed E-state index contributed by atoms with van der Waals surface area (Å²) < 4.78 is 0. The Morgan fingerprint density at radius 3 is 2.95 bits per heavy atom. The van der Waals surface area contributed by atoms with Gasteiger partial charge in [0.25, 0.3) is 0 Å². The van der Waals surface area contributed by atoms with E-state index in [0.29, 0.717) is 24.6 Å². The monoisotopic (exact) mass is 322 g/mol. The second-order valence-electron chi connectivity index (χ2n) is 4.65. The van der Waals surface area contributed by atoms with Crippen LogP contribution in [0.4, 0.5) is 14.9 Å². The van der Waals surface area contributed by atoms with E-state index in [1.54, 1.807) is 4.90 Å². The maximum atomic E-state index is 12.2. The second kappa shape index (κ2) is 5.82. The maximum Gasteiger partial charge on any atom is 0.322 e. The highest BCUT2D eigenvalue weighted by molar-refractivity contribution is 7.16. The van der Waals surface area contributed by atoms with E-state index >= 15 is 0 Å². The molecule has 6 nitrogen and oxygen atoms in total. The molecule has 0 saturated carbocycles. The zero-order chi connectivity index (χ0) is 14.8. The number of hydrogen-bond acceptors (Lipinski definition) is 5. The molecule has 0 radical (unpaired) electrons. The normalized spacial score (nSPS) is 13.7. The number of nitrogens with one attached hydrogen (secondary N) is 2. The average molecular weight is 322 g/mol. The number of urea groups is 1. The standard InChI is InChI=1S/C13H14N4O2S2/c1-8(18)14-12-15-9-4-5-17(7-10(9)21-12)13(19)16-11-3-2-6-20-11/h2-3,6H,4-5,7H2,1H3,(H,16,19)(H,14,15,18). The van der Waals surface area contributed by atoms with E-state index in [0.717, 1.165) is 15.6 Å². The van der Waals surface area contributed by atoms with Crippen LogP contribution in [0.2, 0.25) is 0 Å². The van der Waals surface area contributed by atoms with E-state index in [2.05, 4.69) is 15.6 Å². The van der Waals surface area contributed by atoms with Crippen LogP contribution in [0, 0.1) is 0 Å². The molecule has 8 heteroatoms. The van der Waals surface area contributed by atoms with Gasteiger partial charge in [0, 0.05) is 24.8 Å². The zero-order valence-electron chi connectivity index (χ0n) is 11.4. The van der Waals surface area contributed by atoms with Gasteiger partial charge < -0.3 is 10.2 Å². The highest BCUT2D eigenvalue weighted by Gasteiger charge is 2.24. The molecule has 3 amide bonds. The van der Waals surface area contributed by atoms with Crippen LogP contribution in [-0.4, -0.2) is 28.4 Å². The van der Waals surface area contributed by atoms with Gasteiger partial charge in [-0.2, -0.15) is 0 Å². The topological polar surface area (TPSA) is 74.3 Å². The Bertz CT molecular complexity index is 666. The molecule has 3 heterocycles. The minimum absolute atomic E-state index is 0.0995. The predicted octanol–water partition coefficient (Wildman–Crippen LogP) is 2.75. The molecule has 0 spiro atoms. The highest BCUT2D eigenvalue weighted by atomic mass is 32.1. The Labute approximate surface area is 129 Å². The van der Waals surface area contributed by atoms with Crippen molar-refractivity contribution in [2.45, 2.75) is 19.9 Å². The number of carbonyl (C=O) groups excluding carboxylic acids is 2. The van der Waals surface area contributed by atoms with Gasteiger partial charge in [-0.05, 0) is 17.5 Å². The largest absolute Gasteiger partial charge is 0.322 e. The number of carbonyl (C=O) groups is 2. The van der Waals surface area contributed by atoms with Gasteiger partial charge in [0.1, 0.15) is 0 Å². The minimum atomic E-state index is -0.131. The number of nitrogens with zero attached hydrogens (tertiary/aromatic N) is 2. The fourth-order valence-electron chi connectivity index (χ4n) is 2.11. The lowest BCUT2D eigenvalue weighted by Crippen LogP contribution is -2.38. The lowest BCUT2D eigenvalue weighted by molar-refractivity contribution is -0.114. The lowest BCUT2D eigenvalue weighted by Gasteiger charge is -2.25. The van der Waals surface area contributed by atoms with Crippen molar-refractivity contribution in [3.05, 3.63) is 28.1 Å². The van der Waals surface area contributed by atoms with E-state index in [9.17, 15) is 9.59 Å². The summed E-state index contributed by atoms with van der Waals surface area (Å²) in [4.78, 5) is 30.4. The van der Waals surface area contributed by atoms with Crippen molar-refractivity contribution in [2.75, 3.05) is 17.2 Å². The Morgan fingerprint density at radius 1 is 1.38 bits per heavy atom. The molecule has 0 atom stereocenters. The first-order valence-corrected chi connectivity index (χ1v) is 8.17. The first kappa shape index (κ1) is 14.0. The molecule has 3 rings (SSSR count). The van der Waals surface area contributed by atoms with Crippen LogP contribution in [0.5, 0.6) is 0 Å². The van der Waals surface area contributed by atoms with Crippen molar-refractivity contribution in [3.63, 3.8) is 0 Å². The number of fused-ring (bicyclic) bond motifs is 1. The van der Waals surface area contributed by atoms with Gasteiger partial charge in [-0.15, -0.1) is 11.3 Å². The van der Waals surface area contributed by atoms with Crippen LogP contribution in [0.1, 0.15) is 17.5 Å². The number of aromatic nitrogens is 1. The van der Waals surface area contributed by atoms with Gasteiger partial charge in [0.15, 0.2) is 5.13 Å². The summed E-state index contributed by atoms with van der Waals surface area (Å²) in [6, 6.07) is 3.68. The quantitative estimate of drug-likeness (QED) is 0.893. The second-order valence-corrected chi connectivity index (χ2v) is 6.68. The molecule has 1 aliphatic rings. The molecule has 1 aliphatic heterocycles. The number of thiazole rings is 1. The fourth-order valence-corrected chi connectivity index (χ4v) is 3.78. The molecule has 2 aromatic rings. The molecule has 0 unspecified atom stereocenters. The summed E-state index contributed by atoms with van der Waals surface area (Å²) in [5.74, 6) is -0.131. The molecule has 0 bridgehead atoms. The van der Waals surface area contributed by atoms with Crippen LogP contribution in [0.3, 0.4) is 0 Å². The summed E-state index contributed by atoms with van der Waals surface area (Å²) in [5, 5.41) is 8.94. The zero-order valence-corrected chi connectivity index (χ0v) is 13.0. The van der Waals surface area contributed by atoms with Crippen LogP contribution in [0.15, 0.2) is 17.5 Å². The van der Waals surface area contributed by atoms with Gasteiger partial charge in [-0.1, -0.05) is 11.3 Å². The van der Waals surface area contributed by atoms with E-state index in [1.807, 2.05) is 17.5 Å². The number of anilines is 2. The van der Waals surface area contributed by atoms with Gasteiger partial charge in [-0.25, -0.2) is 9.78 Å². The molecule has 0 aromatic carbocycles. The van der Waals surface area contributed by atoms with Gasteiger partial charge in [0.05, 0.1) is 17.2 Å². The Morgan fingerprint density at radius 2 is 2.24 bits per heavy atom. The van der Waals surface area contributed by atoms with Crippen molar-refractivity contribution < 1.29 is 9.59 Å². The third kappa shape index (κ3) is 3.22. The van der Waals surface area contributed by atoms with Crippen LogP contribution >= 0.6 is 22.7 Å². The van der Waals surface area contributed by atoms with E-state index in [1.165, 1.54) is 29.6 Å². The number of hydrogen-bond donors (Lipinski definition) is 2. The molecule has 0 aliphatic carbocycles. The van der Waals surface area contributed by atoms with Crippen molar-refractivity contribution in [1.29, 1.82) is 0 Å². The lowest BCUT2D eigenvalue weighted by atomic mass is 10.2. The summed E-state index contributed by atoms with van der Waals surface area (Å²) >= 11 is 2.93. The molecular formula is C13H14N4O2S2. The summed E-state index contributed by atoms with van der Waals surface area (Å²) in [7, 11) is 0. The predicted molar refractivity (Wildman–Crippen MR) is 83.9 cm³/mol. The third-order valence-electron chi connectivity index (χ3n) is 3.05. The molecule has 2 N–H and O–H groups in total. The summed E-state index contributed by atoms with van der Waals surface area (Å²) in [6.45, 7) is 2.62. The van der Waals surface area contributed by atoms with Crippen LogP contribution in [0.25, 0.3) is 0 Å².